The number of hydrogen-bond donors (Lipinski definition) is 0. The molecule has 0 N–H and O–H groups in total. The van der Waals surface area contributed by atoms with Crippen LogP contribution in [-0.2, 0) is 28.5 Å². The molecule has 2 rings (SSSR count). The van der Waals surface area contributed by atoms with Crippen molar-refractivity contribution in [2.24, 2.45) is 0 Å². The van der Waals surface area contributed by atoms with E-state index in [0.717, 1.165) is 38.7 Å². The predicted molar refractivity (Wildman–Crippen MR) is 135 cm³/mol. The monoisotopic (exact) mass is 584 g/mol. The molecular weight excluding hydrogens is 560 g/mol. The molecule has 0 aromatic carbocycles. The van der Waals surface area contributed by atoms with Crippen molar-refractivity contribution >= 4 is 46.9 Å². The molecule has 0 bridgehead atoms. The topological polar surface area (TPSA) is 217 Å². The van der Waals surface area contributed by atoms with Crippen molar-refractivity contribution in [2.75, 3.05) is 20.8 Å². The number of nitro groups is 2. The maximum Gasteiger partial charge on any atom is 0.345 e. The van der Waals surface area contributed by atoms with Crippen LogP contribution in [0.5, 0.6) is 0 Å². The molecule has 16 nitrogen and oxygen atoms in total. The van der Waals surface area contributed by atoms with E-state index in [1.54, 1.807) is 27.7 Å². The SMILES string of the molecule is CCOC(=O)C(C(=O)OC(C)(C)C)c1cc(C(=O)OC)c([N+](=O)[O-])cn1.COC(=O)c1cc(Cl)ncc1[N+](=O)[O-]. The van der Waals surface area contributed by atoms with Crippen LogP contribution in [0.1, 0.15) is 60.0 Å². The van der Waals surface area contributed by atoms with Crippen molar-refractivity contribution in [3.8, 4) is 0 Å². The van der Waals surface area contributed by atoms with Crippen LogP contribution in [0.15, 0.2) is 24.5 Å². The van der Waals surface area contributed by atoms with Crippen LogP contribution < -0.4 is 0 Å². The zero-order chi connectivity index (χ0) is 30.8. The van der Waals surface area contributed by atoms with Crippen molar-refractivity contribution in [3.63, 3.8) is 0 Å². The summed E-state index contributed by atoms with van der Waals surface area (Å²) in [6.07, 6.45) is 1.69. The zero-order valence-electron chi connectivity index (χ0n) is 22.2. The number of ether oxygens (including phenoxy) is 4. The number of esters is 4. The molecule has 0 aliphatic carbocycles. The molecule has 0 spiro atoms. The molecule has 17 heteroatoms. The van der Waals surface area contributed by atoms with Gasteiger partial charge in [-0.25, -0.2) is 14.6 Å². The summed E-state index contributed by atoms with van der Waals surface area (Å²) in [5.41, 5.74) is -2.82. The first-order valence-corrected chi connectivity index (χ1v) is 11.5. The first-order chi connectivity index (χ1) is 18.6. The minimum atomic E-state index is -1.60. The fraction of sp³-hybridized carbons (Fsp3) is 0.391. The zero-order valence-corrected chi connectivity index (χ0v) is 22.9. The van der Waals surface area contributed by atoms with Gasteiger partial charge in [0.2, 0.25) is 0 Å². The first-order valence-electron chi connectivity index (χ1n) is 11.1. The van der Waals surface area contributed by atoms with E-state index in [1.807, 2.05) is 0 Å². The maximum atomic E-state index is 12.4. The van der Waals surface area contributed by atoms with Crippen molar-refractivity contribution < 1.29 is 48.0 Å². The third kappa shape index (κ3) is 9.23. The van der Waals surface area contributed by atoms with Gasteiger partial charge < -0.3 is 18.9 Å². The lowest BCUT2D eigenvalue weighted by atomic mass is 10.0. The van der Waals surface area contributed by atoms with Gasteiger partial charge in [-0.3, -0.25) is 34.8 Å². The van der Waals surface area contributed by atoms with Crippen LogP contribution in [0.3, 0.4) is 0 Å². The van der Waals surface area contributed by atoms with Gasteiger partial charge in [0, 0.05) is 0 Å². The minimum absolute atomic E-state index is 0.00370. The molecule has 0 aliphatic rings. The lowest BCUT2D eigenvalue weighted by Crippen LogP contribution is -2.33. The Bertz CT molecular complexity index is 1310. The van der Waals surface area contributed by atoms with Gasteiger partial charge in [-0.05, 0) is 39.8 Å². The molecule has 0 aliphatic heterocycles. The third-order valence-electron chi connectivity index (χ3n) is 4.42. The van der Waals surface area contributed by atoms with Gasteiger partial charge >= 0.3 is 35.3 Å². The summed E-state index contributed by atoms with van der Waals surface area (Å²) in [5, 5.41) is 21.5. The van der Waals surface area contributed by atoms with E-state index in [4.69, 9.17) is 21.1 Å². The number of hydrogen-bond acceptors (Lipinski definition) is 14. The van der Waals surface area contributed by atoms with Crippen LogP contribution >= 0.6 is 11.6 Å². The van der Waals surface area contributed by atoms with Gasteiger partial charge in [0.1, 0.15) is 34.3 Å². The van der Waals surface area contributed by atoms with E-state index in [-0.39, 0.29) is 23.0 Å². The number of halogens is 1. The Balaban J connectivity index is 0.000000479. The molecule has 0 saturated carbocycles. The minimum Gasteiger partial charge on any atom is -0.465 e. The molecule has 0 radical (unpaired) electrons. The summed E-state index contributed by atoms with van der Waals surface area (Å²) >= 11 is 5.48. The molecule has 2 aromatic rings. The van der Waals surface area contributed by atoms with E-state index in [2.05, 4.69) is 19.4 Å². The van der Waals surface area contributed by atoms with E-state index in [1.165, 1.54) is 0 Å². The van der Waals surface area contributed by atoms with Gasteiger partial charge in [0.15, 0.2) is 5.92 Å². The standard InChI is InChI=1S/C16H20N2O8.C7H5ClN2O4/c1-6-25-14(20)12(15(21)26-16(2,3)4)10-7-9(13(19)24-5)11(8-17-10)18(22)23;1-14-7(11)4-2-6(8)9-3-5(4)10(12)13/h7-8,12H,6H2,1-5H3;2-3H,1H3. The molecule has 2 aromatic heterocycles. The van der Waals surface area contributed by atoms with Crippen LogP contribution in [0.2, 0.25) is 5.15 Å². The smallest absolute Gasteiger partial charge is 0.345 e. The number of aromatic nitrogens is 2. The summed E-state index contributed by atoms with van der Waals surface area (Å²) in [6.45, 7) is 6.37. The van der Waals surface area contributed by atoms with Gasteiger partial charge in [-0.15, -0.1) is 0 Å². The molecule has 0 amide bonds. The number of carbonyl (C=O) groups is 4. The molecule has 2 heterocycles. The summed E-state index contributed by atoms with van der Waals surface area (Å²) in [4.78, 5) is 74.8. The highest BCUT2D eigenvalue weighted by atomic mass is 35.5. The van der Waals surface area contributed by atoms with Crippen molar-refractivity contribution in [2.45, 2.75) is 39.2 Å². The summed E-state index contributed by atoms with van der Waals surface area (Å²) in [7, 11) is 2.17. The van der Waals surface area contributed by atoms with Crippen LogP contribution in [-0.4, -0.2) is 70.1 Å². The average molecular weight is 585 g/mol. The quantitative estimate of drug-likeness (QED) is 0.109. The molecule has 1 unspecified atom stereocenters. The van der Waals surface area contributed by atoms with Gasteiger partial charge in [0.05, 0.1) is 36.4 Å². The second-order valence-corrected chi connectivity index (χ2v) is 8.75. The van der Waals surface area contributed by atoms with E-state index in [0.29, 0.717) is 0 Å². The summed E-state index contributed by atoms with van der Waals surface area (Å²) in [6, 6.07) is 2.04. The van der Waals surface area contributed by atoms with Crippen LogP contribution in [0.4, 0.5) is 11.4 Å². The lowest BCUT2D eigenvalue weighted by molar-refractivity contribution is -0.385. The van der Waals surface area contributed by atoms with Crippen molar-refractivity contribution in [3.05, 3.63) is 66.7 Å². The van der Waals surface area contributed by atoms with Crippen LogP contribution in [0, 0.1) is 20.2 Å². The fourth-order valence-corrected chi connectivity index (χ4v) is 2.96. The number of pyridine rings is 2. The molecule has 216 valence electrons. The molecular formula is C23H25ClN4O12. The Labute approximate surface area is 231 Å². The number of rotatable bonds is 8. The van der Waals surface area contributed by atoms with Crippen molar-refractivity contribution in [1.29, 1.82) is 0 Å². The van der Waals surface area contributed by atoms with E-state index >= 15 is 0 Å². The largest absolute Gasteiger partial charge is 0.465 e. The highest BCUT2D eigenvalue weighted by Gasteiger charge is 2.37. The van der Waals surface area contributed by atoms with E-state index < -0.39 is 62.2 Å². The molecule has 0 fully saturated rings. The molecule has 1 atom stereocenters. The highest BCUT2D eigenvalue weighted by Crippen LogP contribution is 2.26. The fourth-order valence-electron chi connectivity index (χ4n) is 2.81. The number of methoxy groups -OCH3 is 2. The van der Waals surface area contributed by atoms with Gasteiger partial charge in [-0.2, -0.15) is 0 Å². The van der Waals surface area contributed by atoms with E-state index in [9.17, 15) is 39.4 Å². The highest BCUT2D eigenvalue weighted by molar-refractivity contribution is 6.29. The Morgan fingerprint density at radius 1 is 0.900 bits per heavy atom. The Hall–Kier alpha value is -4.73. The second-order valence-electron chi connectivity index (χ2n) is 8.37. The molecule has 0 saturated heterocycles. The van der Waals surface area contributed by atoms with Crippen molar-refractivity contribution in [1.82, 2.24) is 9.97 Å². The van der Waals surface area contributed by atoms with Gasteiger partial charge in [-0.1, -0.05) is 11.6 Å². The predicted octanol–water partition coefficient (Wildman–Crippen LogP) is 3.19. The first kappa shape index (κ1) is 33.3. The maximum absolute atomic E-state index is 12.4. The Morgan fingerprint density at radius 2 is 1.38 bits per heavy atom. The normalized spacial score (nSPS) is 11.2. The third-order valence-corrected chi connectivity index (χ3v) is 4.62. The lowest BCUT2D eigenvalue weighted by Gasteiger charge is -2.23. The average Bonchev–Trinajstić information content (AvgIpc) is 2.86. The number of carbonyl (C=O) groups excluding carboxylic acids is 4. The summed E-state index contributed by atoms with van der Waals surface area (Å²) in [5.74, 6) is -5.32. The van der Waals surface area contributed by atoms with Gasteiger partial charge in [0.25, 0.3) is 0 Å². The Morgan fingerprint density at radius 3 is 1.80 bits per heavy atom. The number of nitrogens with zero attached hydrogens (tertiary/aromatic N) is 4. The Kier molecular flexibility index (Phi) is 12.0. The van der Waals surface area contributed by atoms with Crippen LogP contribution in [0.25, 0.3) is 0 Å². The molecule has 40 heavy (non-hydrogen) atoms. The second kappa shape index (κ2) is 14.4. The summed E-state index contributed by atoms with van der Waals surface area (Å²) < 4.78 is 18.9.